The number of aromatic nitrogens is 3. The van der Waals surface area contributed by atoms with Gasteiger partial charge in [0.1, 0.15) is 11.6 Å². The second-order valence-electron chi connectivity index (χ2n) is 11.8. The summed E-state index contributed by atoms with van der Waals surface area (Å²) in [5.74, 6) is 0.443. The zero-order valence-corrected chi connectivity index (χ0v) is 25.5. The fourth-order valence-corrected chi connectivity index (χ4v) is 6.60. The van der Waals surface area contributed by atoms with Crippen LogP contribution in [0.3, 0.4) is 0 Å². The van der Waals surface area contributed by atoms with E-state index < -0.39 is 23.5 Å². The smallest absolute Gasteiger partial charge is 0.294 e. The molecule has 3 aromatic heterocycles. The van der Waals surface area contributed by atoms with Crippen molar-refractivity contribution in [1.82, 2.24) is 14.1 Å². The number of benzene rings is 5. The predicted molar refractivity (Wildman–Crippen MR) is 178 cm³/mol. The van der Waals surface area contributed by atoms with E-state index in [-0.39, 0.29) is 28.8 Å². The fraction of sp³-hybridized carbons (Fsp3) is 0.0513. The van der Waals surface area contributed by atoms with Crippen molar-refractivity contribution in [3.63, 3.8) is 0 Å². The first-order chi connectivity index (χ1) is 23.9. The van der Waals surface area contributed by atoms with Crippen LogP contribution in [0.5, 0.6) is 0 Å². The van der Waals surface area contributed by atoms with Gasteiger partial charge >= 0.3 is 12.4 Å². The van der Waals surface area contributed by atoms with Crippen LogP contribution in [0, 0.1) is 22.7 Å². The lowest BCUT2D eigenvalue weighted by atomic mass is 9.99. The number of nitriles is 2. The van der Waals surface area contributed by atoms with Crippen LogP contribution in [0.4, 0.5) is 26.3 Å². The summed E-state index contributed by atoms with van der Waals surface area (Å²) in [6, 6.07) is 33.5. The van der Waals surface area contributed by atoms with E-state index in [0.717, 1.165) is 10.8 Å². The number of rotatable bonds is 3. The Hall–Kier alpha value is -6.59. The van der Waals surface area contributed by atoms with E-state index in [4.69, 9.17) is 4.98 Å². The van der Waals surface area contributed by atoms with Gasteiger partial charge in [-0.3, -0.25) is 9.13 Å². The number of hydrogen-bond donors (Lipinski definition) is 0. The number of nitrogens with zero attached hydrogens (tertiary/aromatic N) is 5. The summed E-state index contributed by atoms with van der Waals surface area (Å²) in [7, 11) is 0. The van der Waals surface area contributed by atoms with Gasteiger partial charge in [0.15, 0.2) is 0 Å². The maximum Gasteiger partial charge on any atom is 0.416 e. The molecule has 0 radical (unpaired) electrons. The van der Waals surface area contributed by atoms with Crippen LogP contribution in [0.1, 0.15) is 22.3 Å². The molecule has 11 heteroatoms. The first-order valence-corrected chi connectivity index (χ1v) is 15.1. The minimum Gasteiger partial charge on any atom is -0.294 e. The average molecular weight is 672 g/mol. The van der Waals surface area contributed by atoms with Gasteiger partial charge in [0.05, 0.1) is 56.5 Å². The molecule has 242 valence electrons. The van der Waals surface area contributed by atoms with Crippen molar-refractivity contribution in [2.75, 3.05) is 0 Å². The molecule has 0 saturated carbocycles. The van der Waals surface area contributed by atoms with Crippen LogP contribution in [-0.2, 0) is 12.4 Å². The molecule has 0 bridgehead atoms. The lowest BCUT2D eigenvalue weighted by Gasteiger charge is -2.17. The standard InChI is InChI=1S/C39H19F6N5/c40-38(41,42)26-15-24(16-27(19-26)39(43,44)45)25-17-36(49-32-7-3-1-5-28(32)30-13-22(20-46)9-11-34(30)49)48-37(18-25)50-33-8-4-2-6-29(33)31-14-23(21-47)10-12-35(31)50/h1-19H. The second kappa shape index (κ2) is 11.0. The highest BCUT2D eigenvalue weighted by Gasteiger charge is 2.37. The number of fused-ring (bicyclic) bond motifs is 6. The summed E-state index contributed by atoms with van der Waals surface area (Å²) in [5.41, 5.74) is 0.263. The largest absolute Gasteiger partial charge is 0.416 e. The molecule has 0 aliphatic rings. The van der Waals surface area contributed by atoms with Gasteiger partial charge in [-0.05, 0) is 90.0 Å². The molecule has 5 aromatic carbocycles. The van der Waals surface area contributed by atoms with Crippen LogP contribution in [-0.4, -0.2) is 14.1 Å². The van der Waals surface area contributed by atoms with Gasteiger partial charge in [0.25, 0.3) is 0 Å². The first-order valence-electron chi connectivity index (χ1n) is 15.1. The normalized spacial score (nSPS) is 12.2. The van der Waals surface area contributed by atoms with Crippen LogP contribution < -0.4 is 0 Å². The summed E-state index contributed by atoms with van der Waals surface area (Å²) in [6.45, 7) is 0. The van der Waals surface area contributed by atoms with E-state index in [9.17, 15) is 36.9 Å². The van der Waals surface area contributed by atoms with E-state index >= 15 is 0 Å². The minimum absolute atomic E-state index is 0.0563. The molecule has 8 aromatic rings. The molecular formula is C39H19F6N5. The summed E-state index contributed by atoms with van der Waals surface area (Å²) < 4.78 is 87.8. The van der Waals surface area contributed by atoms with Gasteiger partial charge in [-0.2, -0.15) is 36.9 Å². The average Bonchev–Trinajstić information content (AvgIpc) is 3.62. The van der Waals surface area contributed by atoms with Crippen molar-refractivity contribution in [1.29, 1.82) is 10.5 Å². The van der Waals surface area contributed by atoms with Crippen LogP contribution >= 0.6 is 0 Å². The van der Waals surface area contributed by atoms with Crippen molar-refractivity contribution in [3.8, 4) is 34.9 Å². The van der Waals surface area contributed by atoms with Crippen molar-refractivity contribution in [3.05, 3.63) is 138 Å². The highest BCUT2D eigenvalue weighted by molar-refractivity contribution is 6.11. The van der Waals surface area contributed by atoms with E-state index in [1.165, 1.54) is 12.1 Å². The summed E-state index contributed by atoms with van der Waals surface area (Å²) >= 11 is 0. The van der Waals surface area contributed by atoms with Crippen molar-refractivity contribution < 1.29 is 26.3 Å². The Labute approximate surface area is 279 Å². The minimum atomic E-state index is -5.05. The highest BCUT2D eigenvalue weighted by Crippen LogP contribution is 2.41. The fourth-order valence-electron chi connectivity index (χ4n) is 6.60. The molecule has 5 nitrogen and oxygen atoms in total. The zero-order valence-electron chi connectivity index (χ0n) is 25.5. The van der Waals surface area contributed by atoms with Gasteiger partial charge < -0.3 is 0 Å². The van der Waals surface area contributed by atoms with E-state index in [1.54, 1.807) is 57.7 Å². The van der Waals surface area contributed by atoms with Gasteiger partial charge in [-0.25, -0.2) is 4.98 Å². The summed E-state index contributed by atoms with van der Waals surface area (Å²) in [4.78, 5) is 5.02. The molecule has 8 rings (SSSR count). The Morgan fingerprint density at radius 2 is 0.860 bits per heavy atom. The predicted octanol–water partition coefficient (Wildman–Crippen LogP) is 10.7. The number of halogens is 6. The molecular weight excluding hydrogens is 652 g/mol. The number of hydrogen-bond acceptors (Lipinski definition) is 3. The third-order valence-electron chi connectivity index (χ3n) is 8.78. The molecule has 0 N–H and O–H groups in total. The van der Waals surface area contributed by atoms with Crippen LogP contribution in [0.2, 0.25) is 0 Å². The third kappa shape index (κ3) is 4.91. The molecule has 50 heavy (non-hydrogen) atoms. The highest BCUT2D eigenvalue weighted by atomic mass is 19.4. The maximum absolute atomic E-state index is 14.0. The molecule has 0 fully saturated rings. The van der Waals surface area contributed by atoms with Crippen LogP contribution in [0.15, 0.2) is 115 Å². The van der Waals surface area contributed by atoms with Crippen molar-refractivity contribution >= 4 is 43.6 Å². The molecule has 0 aliphatic heterocycles. The van der Waals surface area contributed by atoms with Gasteiger partial charge in [-0.1, -0.05) is 36.4 Å². The Morgan fingerprint density at radius 3 is 1.28 bits per heavy atom. The van der Waals surface area contributed by atoms with E-state index in [1.807, 2.05) is 36.4 Å². The van der Waals surface area contributed by atoms with Crippen molar-refractivity contribution in [2.24, 2.45) is 0 Å². The van der Waals surface area contributed by atoms with Gasteiger partial charge in [0.2, 0.25) is 0 Å². The summed E-state index contributed by atoms with van der Waals surface area (Å²) in [5, 5.41) is 22.2. The van der Waals surface area contributed by atoms with E-state index in [2.05, 4.69) is 12.1 Å². The monoisotopic (exact) mass is 671 g/mol. The molecule has 0 saturated heterocycles. The Morgan fingerprint density at radius 1 is 0.460 bits per heavy atom. The van der Waals surface area contributed by atoms with Gasteiger partial charge in [0, 0.05) is 21.5 Å². The third-order valence-corrected chi connectivity index (χ3v) is 8.78. The lowest BCUT2D eigenvalue weighted by molar-refractivity contribution is -0.143. The Balaban J connectivity index is 1.51. The Bertz CT molecular complexity index is 2590. The van der Waals surface area contributed by atoms with Crippen LogP contribution in [0.25, 0.3) is 66.4 Å². The first kappa shape index (κ1) is 30.7. The molecule has 0 atom stereocenters. The molecule has 0 aliphatic carbocycles. The SMILES string of the molecule is N#Cc1ccc2c(c1)c1ccccc1n2-c1cc(-c2cc(C(F)(F)F)cc(C(F)(F)F)c2)cc(-n2c3ccccc3c3cc(C#N)ccc32)n1. The molecule has 0 amide bonds. The zero-order chi connectivity index (χ0) is 34.9. The second-order valence-corrected chi connectivity index (χ2v) is 11.8. The topological polar surface area (TPSA) is 70.3 Å². The molecule has 0 spiro atoms. The Kier molecular flexibility index (Phi) is 6.74. The molecule has 0 unspecified atom stereocenters. The quantitative estimate of drug-likeness (QED) is 0.176. The number of pyridine rings is 1. The molecule has 3 heterocycles. The van der Waals surface area contributed by atoms with Gasteiger partial charge in [-0.15, -0.1) is 0 Å². The maximum atomic E-state index is 14.0. The lowest BCUT2D eigenvalue weighted by Crippen LogP contribution is -2.11. The number of alkyl halides is 6. The number of para-hydroxylation sites is 2. The van der Waals surface area contributed by atoms with Crippen molar-refractivity contribution in [2.45, 2.75) is 12.4 Å². The summed E-state index contributed by atoms with van der Waals surface area (Å²) in [6.07, 6.45) is -10.1. The van der Waals surface area contributed by atoms with E-state index in [0.29, 0.717) is 56.1 Å².